The fourth-order valence-electron chi connectivity index (χ4n) is 3.79. The summed E-state index contributed by atoms with van der Waals surface area (Å²) in [5, 5.41) is 17.2. The smallest absolute Gasteiger partial charge is 0.335 e. The fraction of sp³-hybridized carbons (Fsp3) is 0.273. The van der Waals surface area contributed by atoms with Gasteiger partial charge >= 0.3 is 5.69 Å². The first kappa shape index (κ1) is 19.6. The van der Waals surface area contributed by atoms with Gasteiger partial charge in [0.25, 0.3) is 5.56 Å². The Morgan fingerprint density at radius 1 is 1.20 bits per heavy atom. The Morgan fingerprint density at radius 2 is 2.03 bits per heavy atom. The third kappa shape index (κ3) is 3.76. The number of benzene rings is 1. The van der Waals surface area contributed by atoms with Crippen LogP contribution in [0.3, 0.4) is 0 Å². The maximum absolute atomic E-state index is 12.4. The fourth-order valence-corrected chi connectivity index (χ4v) is 3.79. The second kappa shape index (κ2) is 8.36. The van der Waals surface area contributed by atoms with E-state index in [2.05, 4.69) is 15.1 Å². The van der Waals surface area contributed by atoms with Gasteiger partial charge in [-0.1, -0.05) is 24.3 Å². The number of piperidine rings is 1. The lowest BCUT2D eigenvalue weighted by atomic mass is 9.98. The molecule has 3 aromatic rings. The highest BCUT2D eigenvalue weighted by Gasteiger charge is 2.23. The number of aromatic amines is 1. The average Bonchev–Trinajstić information content (AvgIpc) is 2.75. The molecule has 2 N–H and O–H groups in total. The van der Waals surface area contributed by atoms with Crippen LogP contribution in [0.15, 0.2) is 63.5 Å². The Balaban J connectivity index is 1.73. The second-order valence-corrected chi connectivity index (χ2v) is 7.32. The largest absolute Gasteiger partial charge is 0.493 e. The van der Waals surface area contributed by atoms with Gasteiger partial charge in [0, 0.05) is 18.9 Å². The summed E-state index contributed by atoms with van der Waals surface area (Å²) in [7, 11) is 0. The van der Waals surface area contributed by atoms with Crippen molar-refractivity contribution in [2.24, 2.45) is 5.10 Å². The molecule has 30 heavy (non-hydrogen) atoms. The number of H-pyrrole nitrogens is 1. The van der Waals surface area contributed by atoms with E-state index in [9.17, 15) is 14.7 Å². The third-order valence-corrected chi connectivity index (χ3v) is 5.36. The lowest BCUT2D eigenvalue weighted by Gasteiger charge is -2.33. The minimum Gasteiger partial charge on any atom is -0.493 e. The van der Waals surface area contributed by atoms with Crippen LogP contribution in [0.4, 0.5) is 0 Å². The number of aromatic hydroxyl groups is 1. The second-order valence-electron chi connectivity index (χ2n) is 7.32. The predicted octanol–water partition coefficient (Wildman–Crippen LogP) is 2.50. The van der Waals surface area contributed by atoms with Gasteiger partial charge in [-0.15, -0.1) is 0 Å². The van der Waals surface area contributed by atoms with Gasteiger partial charge in [-0.25, -0.2) is 9.36 Å². The van der Waals surface area contributed by atoms with Crippen molar-refractivity contribution in [3.05, 3.63) is 86.3 Å². The molecule has 1 saturated heterocycles. The molecule has 0 radical (unpaired) electrons. The number of aryl methyl sites for hydroxylation is 1. The molecule has 1 unspecified atom stereocenters. The number of nitrogens with one attached hydrogen (secondary N) is 1. The molecule has 2 aromatic heterocycles. The summed E-state index contributed by atoms with van der Waals surface area (Å²) in [5.41, 5.74) is 0.900. The van der Waals surface area contributed by atoms with Crippen molar-refractivity contribution >= 4 is 6.21 Å². The molecule has 0 bridgehead atoms. The van der Waals surface area contributed by atoms with E-state index in [1.165, 1.54) is 6.21 Å². The van der Waals surface area contributed by atoms with Crippen molar-refractivity contribution in [2.45, 2.75) is 32.2 Å². The molecule has 1 atom stereocenters. The molecule has 154 valence electrons. The van der Waals surface area contributed by atoms with Gasteiger partial charge in [0.2, 0.25) is 5.88 Å². The number of nitrogens with zero attached hydrogens (tertiary/aromatic N) is 4. The van der Waals surface area contributed by atoms with E-state index in [0.29, 0.717) is 5.69 Å². The maximum atomic E-state index is 12.4. The molecule has 0 spiro atoms. The van der Waals surface area contributed by atoms with Crippen molar-refractivity contribution in [1.82, 2.24) is 19.5 Å². The Kier molecular flexibility index (Phi) is 5.47. The van der Waals surface area contributed by atoms with Crippen molar-refractivity contribution in [3.63, 3.8) is 0 Å². The Morgan fingerprint density at radius 3 is 2.80 bits per heavy atom. The lowest BCUT2D eigenvalue weighted by molar-refractivity contribution is 0.156. The minimum atomic E-state index is -0.699. The number of rotatable bonds is 4. The van der Waals surface area contributed by atoms with E-state index in [1.807, 2.05) is 42.4 Å². The summed E-state index contributed by atoms with van der Waals surface area (Å²) in [6.07, 6.45) is 7.87. The van der Waals surface area contributed by atoms with Crippen molar-refractivity contribution < 1.29 is 5.11 Å². The minimum absolute atomic E-state index is 0.0483. The number of hydrogen-bond donors (Lipinski definition) is 2. The van der Waals surface area contributed by atoms with Crippen molar-refractivity contribution in [1.29, 1.82) is 0 Å². The zero-order chi connectivity index (χ0) is 21.1. The average molecular weight is 405 g/mol. The van der Waals surface area contributed by atoms with Crippen LogP contribution in [0.2, 0.25) is 0 Å². The summed E-state index contributed by atoms with van der Waals surface area (Å²) in [4.78, 5) is 31.3. The lowest BCUT2D eigenvalue weighted by Crippen LogP contribution is -2.33. The van der Waals surface area contributed by atoms with E-state index in [4.69, 9.17) is 0 Å². The first-order chi connectivity index (χ1) is 14.6. The van der Waals surface area contributed by atoms with Crippen molar-refractivity contribution in [2.75, 3.05) is 6.54 Å². The summed E-state index contributed by atoms with van der Waals surface area (Å²) < 4.78 is 1.09. The van der Waals surface area contributed by atoms with Gasteiger partial charge in [-0.3, -0.25) is 19.8 Å². The van der Waals surface area contributed by atoms with Gasteiger partial charge in [0.1, 0.15) is 5.56 Å². The highest BCUT2D eigenvalue weighted by Crippen LogP contribution is 2.30. The Labute approximate surface area is 173 Å². The van der Waals surface area contributed by atoms with Crippen LogP contribution in [-0.2, 0) is 0 Å². The molecular formula is C22H23N5O3. The number of pyridine rings is 1. The number of hydrazone groups is 1. The van der Waals surface area contributed by atoms with Crippen LogP contribution in [0.1, 0.15) is 42.0 Å². The zero-order valence-electron chi connectivity index (χ0n) is 16.7. The van der Waals surface area contributed by atoms with E-state index in [1.54, 1.807) is 18.3 Å². The van der Waals surface area contributed by atoms with Crippen LogP contribution in [0.5, 0.6) is 5.88 Å². The standard InChI is InChI=1S/C22H23N5O3/c1-15-7-2-3-9-18(15)27-21(29)17(20(28)25-22(27)30)14-24-26-12-5-4-10-19(26)16-8-6-11-23-13-16/h2-3,6-9,11,13-14,19,29H,4-5,10,12H2,1H3,(H,25,28,30). The summed E-state index contributed by atoms with van der Waals surface area (Å²) in [6.45, 7) is 2.55. The van der Waals surface area contributed by atoms with Crippen LogP contribution < -0.4 is 11.2 Å². The third-order valence-electron chi connectivity index (χ3n) is 5.36. The molecule has 1 aliphatic heterocycles. The highest BCUT2D eigenvalue weighted by molar-refractivity contribution is 5.82. The van der Waals surface area contributed by atoms with Gasteiger partial charge in [-0.2, -0.15) is 5.10 Å². The summed E-state index contributed by atoms with van der Waals surface area (Å²) >= 11 is 0. The van der Waals surface area contributed by atoms with E-state index in [0.717, 1.165) is 41.5 Å². The molecule has 0 saturated carbocycles. The van der Waals surface area contributed by atoms with Crippen LogP contribution in [0, 0.1) is 6.92 Å². The molecule has 1 fully saturated rings. The van der Waals surface area contributed by atoms with Gasteiger partial charge < -0.3 is 5.11 Å². The normalized spacial score (nSPS) is 16.8. The molecule has 0 aliphatic carbocycles. The van der Waals surface area contributed by atoms with E-state index in [-0.39, 0.29) is 11.6 Å². The monoisotopic (exact) mass is 405 g/mol. The van der Waals surface area contributed by atoms with Crippen LogP contribution in [0.25, 0.3) is 5.69 Å². The topological polar surface area (TPSA) is 104 Å². The maximum Gasteiger partial charge on any atom is 0.335 e. The van der Waals surface area contributed by atoms with Crippen LogP contribution in [-0.4, -0.2) is 37.4 Å². The zero-order valence-corrected chi connectivity index (χ0v) is 16.7. The number of hydrogen-bond acceptors (Lipinski definition) is 6. The molecular weight excluding hydrogens is 382 g/mol. The summed E-state index contributed by atoms with van der Waals surface area (Å²) in [6, 6.07) is 11.1. The molecule has 8 nitrogen and oxygen atoms in total. The Hall–Kier alpha value is -3.68. The van der Waals surface area contributed by atoms with E-state index < -0.39 is 17.1 Å². The number of para-hydroxylation sites is 1. The molecule has 4 rings (SSSR count). The van der Waals surface area contributed by atoms with Gasteiger partial charge in [0.05, 0.1) is 17.9 Å². The molecule has 3 heterocycles. The van der Waals surface area contributed by atoms with Crippen LogP contribution >= 0.6 is 0 Å². The first-order valence-electron chi connectivity index (χ1n) is 9.91. The molecule has 8 heteroatoms. The quantitative estimate of drug-likeness (QED) is 0.649. The SMILES string of the molecule is Cc1ccccc1-n1c(O)c(C=NN2CCCCC2c2cccnc2)c(=O)[nH]c1=O. The molecule has 1 aliphatic rings. The summed E-state index contributed by atoms with van der Waals surface area (Å²) in [5.74, 6) is -0.434. The van der Waals surface area contributed by atoms with Crippen molar-refractivity contribution in [3.8, 4) is 11.6 Å². The van der Waals surface area contributed by atoms with Gasteiger partial charge in [0.15, 0.2) is 0 Å². The first-order valence-corrected chi connectivity index (χ1v) is 9.91. The molecule has 0 amide bonds. The Bertz CT molecular complexity index is 1180. The highest BCUT2D eigenvalue weighted by atomic mass is 16.3. The van der Waals surface area contributed by atoms with E-state index >= 15 is 0 Å². The van der Waals surface area contributed by atoms with Gasteiger partial charge in [-0.05, 0) is 49.4 Å². The number of aromatic nitrogens is 3. The predicted molar refractivity (Wildman–Crippen MR) is 114 cm³/mol. The molecule has 1 aromatic carbocycles.